The lowest BCUT2D eigenvalue weighted by Gasteiger charge is -2.11. The summed E-state index contributed by atoms with van der Waals surface area (Å²) in [7, 11) is 0. The second kappa shape index (κ2) is 8.01. The molecule has 1 aromatic heterocycles. The first-order valence-electron chi connectivity index (χ1n) is 8.20. The van der Waals surface area contributed by atoms with Gasteiger partial charge in [0.2, 0.25) is 0 Å². The third kappa shape index (κ3) is 4.73. The Balaban J connectivity index is 2.05. The van der Waals surface area contributed by atoms with Gasteiger partial charge in [0, 0.05) is 19.5 Å². The minimum Gasteiger partial charge on any atom is -0.350 e. The molecule has 1 aromatic rings. The maximum Gasteiger partial charge on any atom is 0.269 e. The number of carbonyl (C=O) groups excluding carboxylic acids is 1. The molecule has 0 radical (unpaired) electrons. The molecule has 1 saturated carbocycles. The highest BCUT2D eigenvalue weighted by atomic mass is 16.1. The highest BCUT2D eigenvalue weighted by Crippen LogP contribution is 2.27. The molecule has 1 aliphatic carbocycles. The molecule has 4 nitrogen and oxygen atoms in total. The van der Waals surface area contributed by atoms with Gasteiger partial charge in [0.15, 0.2) is 0 Å². The molecule has 4 heteroatoms. The monoisotopic (exact) mass is 289 g/mol. The molecule has 21 heavy (non-hydrogen) atoms. The van der Waals surface area contributed by atoms with Crippen LogP contribution in [0.15, 0.2) is 18.3 Å². The minimum atomic E-state index is 0.0256. The summed E-state index contributed by atoms with van der Waals surface area (Å²) in [6.45, 7) is 5.84. The van der Waals surface area contributed by atoms with Gasteiger partial charge in [-0.3, -0.25) is 4.79 Å². The Morgan fingerprint density at radius 1 is 1.52 bits per heavy atom. The smallest absolute Gasteiger partial charge is 0.269 e. The average Bonchev–Trinajstić information content (AvgIpc) is 3.23. The maximum absolute atomic E-state index is 12.3. The van der Waals surface area contributed by atoms with Crippen molar-refractivity contribution < 1.29 is 4.79 Å². The highest BCUT2D eigenvalue weighted by molar-refractivity contribution is 5.92. The van der Waals surface area contributed by atoms with Crippen molar-refractivity contribution in [1.29, 1.82) is 0 Å². The predicted octanol–water partition coefficient (Wildman–Crippen LogP) is 3.33. The Labute approximate surface area is 127 Å². The van der Waals surface area contributed by atoms with Crippen molar-refractivity contribution >= 4 is 5.91 Å². The van der Waals surface area contributed by atoms with Crippen LogP contribution >= 0.6 is 0 Å². The van der Waals surface area contributed by atoms with E-state index < -0.39 is 0 Å². The Morgan fingerprint density at radius 2 is 2.33 bits per heavy atom. The average molecular weight is 289 g/mol. The number of carbonyl (C=O) groups is 1. The van der Waals surface area contributed by atoms with Gasteiger partial charge in [-0.15, -0.1) is 0 Å². The molecule has 0 aromatic carbocycles. The van der Waals surface area contributed by atoms with E-state index in [2.05, 4.69) is 33.9 Å². The number of amides is 1. The van der Waals surface area contributed by atoms with Crippen molar-refractivity contribution in [1.82, 2.24) is 14.9 Å². The Hall–Kier alpha value is -1.58. The third-order valence-corrected chi connectivity index (χ3v) is 3.93. The minimum absolute atomic E-state index is 0.0256. The van der Waals surface area contributed by atoms with E-state index >= 15 is 0 Å². The lowest BCUT2D eigenvalue weighted by molar-refractivity contribution is 0.0942. The number of rotatable bonds is 9. The zero-order valence-corrected chi connectivity index (χ0v) is 13.3. The van der Waals surface area contributed by atoms with Crippen molar-refractivity contribution in [2.75, 3.05) is 6.54 Å². The lowest BCUT2D eigenvalue weighted by atomic mass is 10.2. The van der Waals surface area contributed by atoms with E-state index in [1.54, 1.807) is 6.20 Å². The van der Waals surface area contributed by atoms with Gasteiger partial charge in [-0.25, -0.2) is 4.98 Å². The van der Waals surface area contributed by atoms with E-state index in [0.29, 0.717) is 11.6 Å². The van der Waals surface area contributed by atoms with Crippen LogP contribution in [0.2, 0.25) is 0 Å². The molecule has 0 unspecified atom stereocenters. The van der Waals surface area contributed by atoms with E-state index in [0.717, 1.165) is 44.6 Å². The van der Waals surface area contributed by atoms with Gasteiger partial charge in [0.1, 0.15) is 11.5 Å². The molecular weight excluding hydrogens is 262 g/mol. The molecule has 2 rings (SSSR count). The molecule has 0 bridgehead atoms. The Kier molecular flexibility index (Phi) is 6.03. The first kappa shape index (κ1) is 15.8. The summed E-state index contributed by atoms with van der Waals surface area (Å²) < 4.78 is 2.10. The molecular formula is C17H27N3O. The van der Waals surface area contributed by atoms with Gasteiger partial charge < -0.3 is 9.88 Å². The molecule has 0 atom stereocenters. The number of aromatic nitrogens is 2. The number of nitrogens with one attached hydrogen (secondary N) is 1. The fourth-order valence-corrected chi connectivity index (χ4v) is 2.40. The van der Waals surface area contributed by atoms with Gasteiger partial charge >= 0.3 is 0 Å². The van der Waals surface area contributed by atoms with Gasteiger partial charge in [-0.2, -0.15) is 0 Å². The number of aryl methyl sites for hydroxylation is 1. The molecule has 1 aliphatic rings. The molecule has 1 amide bonds. The standard InChI is InChI=1S/C17H27N3O/c1-3-5-7-11-20-15(13-18-16(20)8-6-4-2)17(21)19-12-14-9-10-14/h3,5,13-14H,4,6-12H2,1-2H3,(H,19,21)/b5-3-. The van der Waals surface area contributed by atoms with Crippen LogP contribution in [0.3, 0.4) is 0 Å². The largest absolute Gasteiger partial charge is 0.350 e. The van der Waals surface area contributed by atoms with E-state index in [9.17, 15) is 4.79 Å². The lowest BCUT2D eigenvalue weighted by Crippen LogP contribution is -2.28. The molecule has 0 aliphatic heterocycles. The number of hydrogen-bond acceptors (Lipinski definition) is 2. The first-order chi connectivity index (χ1) is 10.3. The fraction of sp³-hybridized carbons (Fsp3) is 0.647. The molecule has 1 heterocycles. The van der Waals surface area contributed by atoms with Crippen LogP contribution in [0.4, 0.5) is 0 Å². The van der Waals surface area contributed by atoms with E-state index in [-0.39, 0.29) is 5.91 Å². The second-order valence-corrected chi connectivity index (χ2v) is 5.83. The SMILES string of the molecule is C/C=C\CCn1c(C(=O)NCC2CC2)cnc1CCCC. The highest BCUT2D eigenvalue weighted by Gasteiger charge is 2.23. The number of hydrogen-bond donors (Lipinski definition) is 1. The quantitative estimate of drug-likeness (QED) is 0.709. The third-order valence-electron chi connectivity index (χ3n) is 3.93. The zero-order chi connectivity index (χ0) is 15.1. The Morgan fingerprint density at radius 3 is 3.00 bits per heavy atom. The molecule has 0 spiro atoms. The first-order valence-corrected chi connectivity index (χ1v) is 8.20. The Bertz CT molecular complexity index is 486. The van der Waals surface area contributed by atoms with E-state index in [1.807, 2.05) is 6.92 Å². The normalized spacial score (nSPS) is 14.8. The van der Waals surface area contributed by atoms with Crippen molar-refractivity contribution in [3.8, 4) is 0 Å². The van der Waals surface area contributed by atoms with Gasteiger partial charge in [0.05, 0.1) is 6.20 Å². The summed E-state index contributed by atoms with van der Waals surface area (Å²) in [5.41, 5.74) is 0.714. The zero-order valence-electron chi connectivity index (χ0n) is 13.3. The van der Waals surface area contributed by atoms with E-state index in [4.69, 9.17) is 0 Å². The number of imidazole rings is 1. The maximum atomic E-state index is 12.3. The second-order valence-electron chi connectivity index (χ2n) is 5.83. The molecule has 1 fully saturated rings. The van der Waals surface area contributed by atoms with Crippen LogP contribution in [0.25, 0.3) is 0 Å². The van der Waals surface area contributed by atoms with Crippen molar-refractivity contribution in [3.63, 3.8) is 0 Å². The van der Waals surface area contributed by atoms with E-state index in [1.165, 1.54) is 12.8 Å². The van der Waals surface area contributed by atoms with Crippen LogP contribution in [-0.4, -0.2) is 22.0 Å². The summed E-state index contributed by atoms with van der Waals surface area (Å²) in [6.07, 6.45) is 12.6. The van der Waals surface area contributed by atoms with Gasteiger partial charge in [-0.05, 0) is 38.5 Å². The summed E-state index contributed by atoms with van der Waals surface area (Å²) in [4.78, 5) is 16.8. The summed E-state index contributed by atoms with van der Waals surface area (Å²) in [6, 6.07) is 0. The van der Waals surface area contributed by atoms with Gasteiger partial charge in [0.25, 0.3) is 5.91 Å². The van der Waals surface area contributed by atoms with Crippen molar-refractivity contribution in [2.24, 2.45) is 5.92 Å². The topological polar surface area (TPSA) is 46.9 Å². The van der Waals surface area contributed by atoms with Crippen molar-refractivity contribution in [3.05, 3.63) is 29.9 Å². The summed E-state index contributed by atoms with van der Waals surface area (Å²) >= 11 is 0. The molecule has 0 saturated heterocycles. The summed E-state index contributed by atoms with van der Waals surface area (Å²) in [5, 5.41) is 3.04. The van der Waals surface area contributed by atoms with Crippen LogP contribution in [0, 0.1) is 5.92 Å². The van der Waals surface area contributed by atoms with Crippen LogP contribution < -0.4 is 5.32 Å². The number of allylic oxidation sites excluding steroid dienone is 2. The summed E-state index contributed by atoms with van der Waals surface area (Å²) in [5.74, 6) is 1.77. The number of nitrogens with zero attached hydrogens (tertiary/aromatic N) is 2. The van der Waals surface area contributed by atoms with Gasteiger partial charge in [-0.1, -0.05) is 25.5 Å². The van der Waals surface area contributed by atoms with Crippen LogP contribution in [0.5, 0.6) is 0 Å². The fourth-order valence-electron chi connectivity index (χ4n) is 2.40. The number of unbranched alkanes of at least 4 members (excludes halogenated alkanes) is 1. The van der Waals surface area contributed by atoms with Crippen LogP contribution in [-0.2, 0) is 13.0 Å². The van der Waals surface area contributed by atoms with Crippen LogP contribution in [0.1, 0.15) is 62.3 Å². The predicted molar refractivity (Wildman–Crippen MR) is 85.3 cm³/mol. The molecule has 1 N–H and O–H groups in total. The molecule has 116 valence electrons. The van der Waals surface area contributed by atoms with Crippen molar-refractivity contribution in [2.45, 2.75) is 58.9 Å².